The fourth-order valence-corrected chi connectivity index (χ4v) is 5.80. The highest BCUT2D eigenvalue weighted by atomic mass is 15.0. The minimum absolute atomic E-state index is 0.120. The third-order valence-corrected chi connectivity index (χ3v) is 8.30. The summed E-state index contributed by atoms with van der Waals surface area (Å²) in [6, 6.07) is 26.7. The number of pyridine rings is 2. The van der Waals surface area contributed by atoms with Gasteiger partial charge in [0, 0.05) is 57.7 Å². The van der Waals surface area contributed by atoms with Crippen LogP contribution in [-0.2, 0) is 5.41 Å². The molecule has 0 aliphatic carbocycles. The zero-order chi connectivity index (χ0) is 28.7. The second kappa shape index (κ2) is 10.5. The summed E-state index contributed by atoms with van der Waals surface area (Å²) >= 11 is 0. The van der Waals surface area contributed by atoms with Gasteiger partial charge in [-0.2, -0.15) is 0 Å². The molecule has 7 rings (SSSR count). The number of aromatic nitrogens is 4. The van der Waals surface area contributed by atoms with Crippen LogP contribution in [0.4, 0.5) is 0 Å². The average molecular weight is 539 g/mol. The molecule has 0 fully saturated rings. The predicted octanol–water partition coefficient (Wildman–Crippen LogP) is 10.1. The van der Waals surface area contributed by atoms with E-state index in [1.807, 2.05) is 24.8 Å². The largest absolute Gasteiger partial charge is 0.309 e. The molecule has 0 spiro atoms. The molecule has 0 saturated heterocycles. The maximum atomic E-state index is 4.49. The first kappa shape index (κ1) is 26.8. The Bertz CT molecular complexity index is 2020. The van der Waals surface area contributed by atoms with E-state index in [2.05, 4.69) is 133 Å². The van der Waals surface area contributed by atoms with E-state index in [-0.39, 0.29) is 5.41 Å². The summed E-state index contributed by atoms with van der Waals surface area (Å²) in [7, 11) is 0. The Balaban J connectivity index is 0.000000967. The van der Waals surface area contributed by atoms with Gasteiger partial charge in [0.25, 0.3) is 0 Å². The van der Waals surface area contributed by atoms with E-state index >= 15 is 0 Å². The maximum absolute atomic E-state index is 4.49. The van der Waals surface area contributed by atoms with Crippen molar-refractivity contribution in [2.75, 3.05) is 0 Å². The molecule has 7 aromatic rings. The van der Waals surface area contributed by atoms with Crippen molar-refractivity contribution in [3.8, 4) is 11.4 Å². The first-order chi connectivity index (χ1) is 19.9. The van der Waals surface area contributed by atoms with E-state index in [1.54, 1.807) is 0 Å². The van der Waals surface area contributed by atoms with Crippen molar-refractivity contribution in [3.05, 3.63) is 109 Å². The highest BCUT2D eigenvalue weighted by Gasteiger charge is 2.21. The molecule has 3 aromatic carbocycles. The Morgan fingerprint density at radius 3 is 1.68 bits per heavy atom. The SMILES string of the molecule is CCC.CCC(C)(C)c1ccc2c(c1)c1cnccc1n2-c1cccc(-n2c3ccncc3c3cc(C)ccc32)c1. The normalized spacial score (nSPS) is 11.9. The monoisotopic (exact) mass is 538 g/mol. The van der Waals surface area contributed by atoms with Gasteiger partial charge in [0.05, 0.1) is 22.1 Å². The molecule has 0 radical (unpaired) electrons. The van der Waals surface area contributed by atoms with Gasteiger partial charge in [-0.25, -0.2) is 0 Å². The molecule has 4 heteroatoms. The summed E-state index contributed by atoms with van der Waals surface area (Å²) in [4.78, 5) is 8.93. The van der Waals surface area contributed by atoms with Crippen molar-refractivity contribution in [1.82, 2.24) is 19.1 Å². The van der Waals surface area contributed by atoms with E-state index in [4.69, 9.17) is 0 Å². The van der Waals surface area contributed by atoms with Crippen molar-refractivity contribution in [2.24, 2.45) is 0 Å². The van der Waals surface area contributed by atoms with Crippen LogP contribution < -0.4 is 0 Å². The lowest BCUT2D eigenvalue weighted by Crippen LogP contribution is -2.15. The number of hydrogen-bond acceptors (Lipinski definition) is 2. The Kier molecular flexibility index (Phi) is 6.86. The van der Waals surface area contributed by atoms with Gasteiger partial charge in [0.2, 0.25) is 0 Å². The Morgan fingerprint density at radius 2 is 1.12 bits per heavy atom. The summed E-state index contributed by atoms with van der Waals surface area (Å²) in [5.41, 5.74) is 9.71. The smallest absolute Gasteiger partial charge is 0.0571 e. The van der Waals surface area contributed by atoms with Crippen molar-refractivity contribution in [2.45, 2.75) is 59.8 Å². The van der Waals surface area contributed by atoms with Crippen LogP contribution in [0, 0.1) is 6.92 Å². The quantitative estimate of drug-likeness (QED) is 0.223. The molecular weight excluding hydrogens is 500 g/mol. The third-order valence-electron chi connectivity index (χ3n) is 8.30. The Hall–Kier alpha value is -4.44. The second-order valence-electron chi connectivity index (χ2n) is 11.7. The fourth-order valence-electron chi connectivity index (χ4n) is 5.80. The van der Waals surface area contributed by atoms with Crippen molar-refractivity contribution < 1.29 is 0 Å². The van der Waals surface area contributed by atoms with Crippen molar-refractivity contribution in [3.63, 3.8) is 0 Å². The summed E-state index contributed by atoms with van der Waals surface area (Å²) in [5, 5.41) is 4.83. The average Bonchev–Trinajstić information content (AvgIpc) is 3.50. The number of nitrogens with zero attached hydrogens (tertiary/aromatic N) is 4. The highest BCUT2D eigenvalue weighted by Crippen LogP contribution is 2.37. The first-order valence-corrected chi connectivity index (χ1v) is 14.7. The molecule has 0 unspecified atom stereocenters. The molecular formula is C37H38N4. The van der Waals surface area contributed by atoms with E-state index in [0.717, 1.165) is 23.3 Å². The van der Waals surface area contributed by atoms with Crippen LogP contribution in [-0.4, -0.2) is 19.1 Å². The molecule has 0 N–H and O–H groups in total. The predicted molar refractivity (Wildman–Crippen MR) is 175 cm³/mol. The van der Waals surface area contributed by atoms with Crippen LogP contribution in [0.3, 0.4) is 0 Å². The molecule has 0 amide bonds. The molecule has 0 bridgehead atoms. The summed E-state index contributed by atoms with van der Waals surface area (Å²) in [5.74, 6) is 0. The minimum atomic E-state index is 0.120. The van der Waals surface area contributed by atoms with Crippen LogP contribution in [0.2, 0.25) is 0 Å². The zero-order valence-electron chi connectivity index (χ0n) is 24.9. The number of aryl methyl sites for hydroxylation is 1. The lowest BCUT2D eigenvalue weighted by molar-refractivity contribution is 0.507. The molecule has 0 aliphatic heterocycles. The lowest BCUT2D eigenvalue weighted by Gasteiger charge is -2.23. The second-order valence-corrected chi connectivity index (χ2v) is 11.7. The van der Waals surface area contributed by atoms with Crippen molar-refractivity contribution >= 4 is 43.6 Å². The van der Waals surface area contributed by atoms with Crippen LogP contribution in [0.15, 0.2) is 97.6 Å². The molecule has 4 heterocycles. The van der Waals surface area contributed by atoms with Gasteiger partial charge in [-0.1, -0.05) is 64.8 Å². The van der Waals surface area contributed by atoms with Gasteiger partial charge in [0.1, 0.15) is 0 Å². The van der Waals surface area contributed by atoms with Crippen LogP contribution >= 0.6 is 0 Å². The first-order valence-electron chi connectivity index (χ1n) is 14.7. The Morgan fingerprint density at radius 1 is 0.610 bits per heavy atom. The molecule has 0 saturated carbocycles. The molecule has 41 heavy (non-hydrogen) atoms. The Labute approximate surface area is 242 Å². The fraction of sp³-hybridized carbons (Fsp3) is 0.243. The zero-order valence-corrected chi connectivity index (χ0v) is 24.9. The van der Waals surface area contributed by atoms with Crippen LogP contribution in [0.25, 0.3) is 55.0 Å². The third kappa shape index (κ3) is 4.48. The summed E-state index contributed by atoms with van der Waals surface area (Å²) in [6.45, 7) is 13.3. The van der Waals surface area contributed by atoms with E-state index in [1.165, 1.54) is 55.6 Å². The van der Waals surface area contributed by atoms with E-state index < -0.39 is 0 Å². The van der Waals surface area contributed by atoms with Gasteiger partial charge in [-0.3, -0.25) is 9.97 Å². The summed E-state index contributed by atoms with van der Waals surface area (Å²) in [6.07, 6.45) is 10.1. The topological polar surface area (TPSA) is 35.6 Å². The van der Waals surface area contributed by atoms with Gasteiger partial charge in [0.15, 0.2) is 0 Å². The lowest BCUT2D eigenvalue weighted by atomic mass is 9.82. The maximum Gasteiger partial charge on any atom is 0.0571 e. The van der Waals surface area contributed by atoms with Gasteiger partial charge < -0.3 is 9.13 Å². The number of hydrogen-bond donors (Lipinski definition) is 0. The van der Waals surface area contributed by atoms with Crippen LogP contribution in [0.1, 0.15) is 58.6 Å². The number of benzene rings is 3. The molecule has 0 atom stereocenters. The van der Waals surface area contributed by atoms with Gasteiger partial charge >= 0.3 is 0 Å². The number of fused-ring (bicyclic) bond motifs is 6. The van der Waals surface area contributed by atoms with E-state index in [9.17, 15) is 0 Å². The summed E-state index contributed by atoms with van der Waals surface area (Å²) < 4.78 is 4.73. The van der Waals surface area contributed by atoms with Gasteiger partial charge in [-0.15, -0.1) is 0 Å². The molecule has 206 valence electrons. The number of rotatable bonds is 4. The molecule has 4 nitrogen and oxygen atoms in total. The van der Waals surface area contributed by atoms with Crippen molar-refractivity contribution in [1.29, 1.82) is 0 Å². The molecule has 0 aliphatic rings. The molecule has 4 aromatic heterocycles. The highest BCUT2D eigenvalue weighted by molar-refractivity contribution is 6.10. The van der Waals surface area contributed by atoms with Gasteiger partial charge in [-0.05, 0) is 78.9 Å². The standard InChI is InChI=1S/C34H30N4.C3H8/c1-5-34(3,4)23-10-12-31-27(18-23)29-21-36-16-14-33(29)38(31)25-8-6-7-24(19-25)37-30-11-9-22(2)17-26(30)28-20-35-15-13-32(28)37;1-3-2/h6-21H,5H2,1-4H3;3H2,1-2H3. The van der Waals surface area contributed by atoms with Crippen LogP contribution in [0.5, 0.6) is 0 Å². The minimum Gasteiger partial charge on any atom is -0.309 e. The van der Waals surface area contributed by atoms with E-state index in [0.29, 0.717) is 0 Å².